The molecule has 10 nitrogen and oxygen atoms in total. The molecule has 180 valence electrons. The summed E-state index contributed by atoms with van der Waals surface area (Å²) in [6.07, 6.45) is 9.97. The largest absolute Gasteiger partial charge is 0.325 e. The highest BCUT2D eigenvalue weighted by molar-refractivity contribution is 7.21. The van der Waals surface area contributed by atoms with Crippen LogP contribution < -0.4 is 10.9 Å². The van der Waals surface area contributed by atoms with Crippen LogP contribution in [0.1, 0.15) is 33.1 Å². The number of fused-ring (bicyclic) bond motifs is 5. The molecule has 0 atom stereocenters. The summed E-state index contributed by atoms with van der Waals surface area (Å²) in [6, 6.07) is 1.75. The van der Waals surface area contributed by atoms with Crippen molar-refractivity contribution in [1.29, 1.82) is 0 Å². The number of carbonyl (C=O) groups excluding carboxylic acids is 1. The molecule has 6 heterocycles. The zero-order valence-electron chi connectivity index (χ0n) is 19.8. The Morgan fingerprint density at radius 3 is 2.86 bits per heavy atom. The van der Waals surface area contributed by atoms with Crippen LogP contribution in [0.4, 0.5) is 5.69 Å². The van der Waals surface area contributed by atoms with E-state index in [0.717, 1.165) is 34.8 Å². The third kappa shape index (κ3) is 3.80. The summed E-state index contributed by atoms with van der Waals surface area (Å²) >= 11 is 1.49. The summed E-state index contributed by atoms with van der Waals surface area (Å²) in [5.74, 6) is -0.0669. The number of nitrogens with zero attached hydrogens (tertiary/aromatic N) is 6. The van der Waals surface area contributed by atoms with Crippen molar-refractivity contribution in [2.24, 2.45) is 7.05 Å². The van der Waals surface area contributed by atoms with Crippen molar-refractivity contribution in [1.82, 2.24) is 34.3 Å². The number of anilines is 1. The average molecular weight is 491 g/mol. The third-order valence-corrected chi connectivity index (χ3v) is 8.00. The molecule has 0 unspecified atom stereocenters. The Kier molecular flexibility index (Phi) is 5.01. The Morgan fingerprint density at radius 2 is 2.11 bits per heavy atom. The van der Waals surface area contributed by atoms with Crippen LogP contribution in [0.2, 0.25) is 0 Å². The summed E-state index contributed by atoms with van der Waals surface area (Å²) in [7, 11) is 1.87. The van der Waals surface area contributed by atoms with Crippen molar-refractivity contribution in [3.63, 3.8) is 0 Å². The molecule has 1 aliphatic heterocycles. The molecule has 5 aromatic rings. The Labute approximate surface area is 204 Å². The van der Waals surface area contributed by atoms with Gasteiger partial charge in [0, 0.05) is 43.5 Å². The number of likely N-dealkylation sites (tertiary alicyclic amines) is 1. The molecule has 0 aromatic carbocycles. The van der Waals surface area contributed by atoms with E-state index in [4.69, 9.17) is 0 Å². The zero-order valence-corrected chi connectivity index (χ0v) is 20.6. The molecule has 0 saturated carbocycles. The van der Waals surface area contributed by atoms with Gasteiger partial charge >= 0.3 is 0 Å². The Bertz CT molecular complexity index is 1660. The number of hydrogen-bond donors (Lipinski definition) is 2. The topological polar surface area (TPSA) is 113 Å². The molecular weight excluding hydrogens is 464 g/mol. The first-order valence-corrected chi connectivity index (χ1v) is 12.5. The Morgan fingerprint density at radius 1 is 1.26 bits per heavy atom. The van der Waals surface area contributed by atoms with Crippen LogP contribution in [0.5, 0.6) is 0 Å². The Hall–Kier alpha value is -3.57. The SMILES string of the molecule is Cn1cc(-c2cn3nc4c5ncc(NC(=O)CCN6CCCC6(C)C)cc5[nH]c(=O)c4c3s2)cn1. The molecule has 1 fully saturated rings. The standard InChI is InChI=1S/C24H26N8O2S/c1-24(2)6-4-7-31(24)8-5-18(33)27-15-9-16-20(25-11-15)21-19(22(34)28-16)23-32(29-21)13-17(35-23)14-10-26-30(3)12-14/h9-13H,4-8H2,1-3H3,(H,27,33)(H,28,34). The number of amides is 1. The van der Waals surface area contributed by atoms with Gasteiger partial charge in [-0.2, -0.15) is 10.2 Å². The van der Waals surface area contributed by atoms with Gasteiger partial charge in [0.05, 0.1) is 28.5 Å². The van der Waals surface area contributed by atoms with Crippen molar-refractivity contribution < 1.29 is 4.79 Å². The normalized spacial score (nSPS) is 16.1. The van der Waals surface area contributed by atoms with Crippen LogP contribution in [0.15, 0.2) is 35.6 Å². The first-order chi connectivity index (χ1) is 16.8. The Balaban J connectivity index is 1.28. The second-order valence-corrected chi connectivity index (χ2v) is 10.8. The van der Waals surface area contributed by atoms with Gasteiger partial charge in [-0.15, -0.1) is 11.3 Å². The van der Waals surface area contributed by atoms with Gasteiger partial charge in [-0.3, -0.25) is 24.2 Å². The van der Waals surface area contributed by atoms with Crippen molar-refractivity contribution >= 4 is 49.7 Å². The third-order valence-electron chi connectivity index (χ3n) is 6.85. The van der Waals surface area contributed by atoms with Crippen molar-refractivity contribution in [2.75, 3.05) is 18.4 Å². The number of aryl methyl sites for hydroxylation is 1. The van der Waals surface area contributed by atoms with Gasteiger partial charge in [-0.05, 0) is 39.3 Å². The van der Waals surface area contributed by atoms with E-state index < -0.39 is 0 Å². The predicted octanol–water partition coefficient (Wildman–Crippen LogP) is 3.39. The maximum Gasteiger partial charge on any atom is 0.261 e. The highest BCUT2D eigenvalue weighted by Gasteiger charge is 2.31. The lowest BCUT2D eigenvalue weighted by atomic mass is 10.0. The van der Waals surface area contributed by atoms with Gasteiger partial charge in [-0.1, -0.05) is 0 Å². The first kappa shape index (κ1) is 21.9. The molecule has 2 N–H and O–H groups in total. The van der Waals surface area contributed by atoms with Gasteiger partial charge in [0.1, 0.15) is 21.3 Å². The number of H-pyrrole nitrogens is 1. The molecule has 1 saturated heterocycles. The lowest BCUT2D eigenvalue weighted by Gasteiger charge is -2.31. The number of nitrogens with one attached hydrogen (secondary N) is 2. The van der Waals surface area contributed by atoms with E-state index in [9.17, 15) is 9.59 Å². The number of thiazole rings is 1. The summed E-state index contributed by atoms with van der Waals surface area (Å²) in [6.45, 7) is 6.20. The van der Waals surface area contributed by atoms with Gasteiger partial charge in [0.25, 0.3) is 5.56 Å². The summed E-state index contributed by atoms with van der Waals surface area (Å²) in [5.41, 5.74) is 3.12. The van der Waals surface area contributed by atoms with E-state index in [-0.39, 0.29) is 17.0 Å². The maximum absolute atomic E-state index is 13.0. The summed E-state index contributed by atoms with van der Waals surface area (Å²) in [5, 5.41) is 12.3. The van der Waals surface area contributed by atoms with Gasteiger partial charge < -0.3 is 10.3 Å². The number of aromatic nitrogens is 6. The first-order valence-electron chi connectivity index (χ1n) is 11.7. The number of hydrogen-bond acceptors (Lipinski definition) is 7. The minimum Gasteiger partial charge on any atom is -0.325 e. The predicted molar refractivity (Wildman–Crippen MR) is 137 cm³/mol. The van der Waals surface area contributed by atoms with E-state index in [1.165, 1.54) is 17.8 Å². The minimum atomic E-state index is -0.233. The van der Waals surface area contributed by atoms with Gasteiger partial charge in [0.15, 0.2) is 0 Å². The number of aromatic amines is 1. The molecule has 11 heteroatoms. The lowest BCUT2D eigenvalue weighted by molar-refractivity contribution is -0.116. The molecule has 6 rings (SSSR count). The van der Waals surface area contributed by atoms with Crippen LogP contribution in [0, 0.1) is 0 Å². The smallest absolute Gasteiger partial charge is 0.261 e. The van der Waals surface area contributed by atoms with Gasteiger partial charge in [0.2, 0.25) is 5.91 Å². The lowest BCUT2D eigenvalue weighted by Crippen LogP contribution is -2.39. The maximum atomic E-state index is 13.0. The quantitative estimate of drug-likeness (QED) is 0.390. The zero-order chi connectivity index (χ0) is 24.3. The number of pyridine rings is 2. The second-order valence-electron chi connectivity index (χ2n) is 9.75. The fourth-order valence-corrected chi connectivity index (χ4v) is 6.00. The van der Waals surface area contributed by atoms with Crippen molar-refractivity contribution in [3.8, 4) is 10.4 Å². The molecule has 0 spiro atoms. The van der Waals surface area contributed by atoms with Gasteiger partial charge in [-0.25, -0.2) is 4.52 Å². The van der Waals surface area contributed by atoms with Crippen LogP contribution in [0.25, 0.3) is 37.2 Å². The van der Waals surface area contributed by atoms with E-state index in [1.54, 1.807) is 27.7 Å². The molecule has 5 aromatic heterocycles. The highest BCUT2D eigenvalue weighted by atomic mass is 32.1. The molecule has 1 aliphatic rings. The molecule has 0 bridgehead atoms. The van der Waals surface area contributed by atoms with Crippen LogP contribution in [0.3, 0.4) is 0 Å². The highest BCUT2D eigenvalue weighted by Crippen LogP contribution is 2.33. The summed E-state index contributed by atoms with van der Waals surface area (Å²) in [4.78, 5) is 37.2. The van der Waals surface area contributed by atoms with E-state index in [2.05, 4.69) is 44.2 Å². The fourth-order valence-electron chi connectivity index (χ4n) is 4.94. The van der Waals surface area contributed by atoms with Crippen molar-refractivity contribution in [3.05, 3.63) is 41.2 Å². The fraction of sp³-hybridized carbons (Fsp3) is 0.375. The number of rotatable bonds is 5. The van der Waals surface area contributed by atoms with E-state index in [0.29, 0.717) is 34.0 Å². The second kappa shape index (κ2) is 7.99. The molecule has 0 aliphatic carbocycles. The van der Waals surface area contributed by atoms with Crippen LogP contribution >= 0.6 is 11.3 Å². The average Bonchev–Trinajstić information content (AvgIpc) is 3.55. The van der Waals surface area contributed by atoms with E-state index >= 15 is 0 Å². The minimum absolute atomic E-state index is 0.0669. The molecule has 1 amide bonds. The van der Waals surface area contributed by atoms with Crippen LogP contribution in [-0.2, 0) is 11.8 Å². The molecule has 0 radical (unpaired) electrons. The molecular formula is C24H26N8O2S. The van der Waals surface area contributed by atoms with Crippen LogP contribution in [-0.4, -0.2) is 58.8 Å². The monoisotopic (exact) mass is 490 g/mol. The van der Waals surface area contributed by atoms with Crippen molar-refractivity contribution in [2.45, 2.75) is 38.6 Å². The number of carbonyl (C=O) groups is 1. The molecule has 35 heavy (non-hydrogen) atoms. The van der Waals surface area contributed by atoms with E-state index in [1.807, 2.05) is 19.4 Å². The summed E-state index contributed by atoms with van der Waals surface area (Å²) < 4.78 is 3.47.